The molecule has 0 aromatic carbocycles. The van der Waals surface area contributed by atoms with Gasteiger partial charge in [0.2, 0.25) is 0 Å². The molecule has 0 radical (unpaired) electrons. The van der Waals surface area contributed by atoms with Gasteiger partial charge in [0.05, 0.1) is 5.70 Å². The van der Waals surface area contributed by atoms with Gasteiger partial charge in [-0.25, -0.2) is 4.99 Å². The fourth-order valence-electron chi connectivity index (χ4n) is 2.94. The molecule has 2 atom stereocenters. The molecule has 3 rings (SSSR count). The van der Waals surface area contributed by atoms with Crippen LogP contribution in [0.15, 0.2) is 21.8 Å². The van der Waals surface area contributed by atoms with Crippen molar-refractivity contribution in [3.05, 3.63) is 11.8 Å². The van der Waals surface area contributed by atoms with E-state index in [1.54, 1.807) is 0 Å². The van der Waals surface area contributed by atoms with E-state index in [-0.39, 0.29) is 0 Å². The van der Waals surface area contributed by atoms with Gasteiger partial charge in [-0.2, -0.15) is 0 Å². The number of hydrogen-bond acceptors (Lipinski definition) is 5. The first kappa shape index (κ1) is 11.7. The molecule has 0 aromatic rings. The first-order valence-electron chi connectivity index (χ1n) is 6.64. The van der Waals surface area contributed by atoms with E-state index in [0.717, 1.165) is 11.5 Å². The number of rotatable bonds is 2. The van der Waals surface area contributed by atoms with Crippen LogP contribution in [0.4, 0.5) is 0 Å². The first-order chi connectivity index (χ1) is 8.51. The fourth-order valence-corrected chi connectivity index (χ4v) is 2.94. The summed E-state index contributed by atoms with van der Waals surface area (Å²) in [7, 11) is 1.97. The summed E-state index contributed by atoms with van der Waals surface area (Å²) in [6.07, 6.45) is 5.73. The van der Waals surface area contributed by atoms with Crippen LogP contribution < -0.4 is 11.5 Å². The van der Waals surface area contributed by atoms with Crippen molar-refractivity contribution in [1.29, 1.82) is 0 Å². The van der Waals surface area contributed by atoms with Crippen LogP contribution in [-0.2, 0) is 0 Å². The van der Waals surface area contributed by atoms with Crippen molar-refractivity contribution < 1.29 is 0 Å². The molecule has 2 unspecified atom stereocenters. The summed E-state index contributed by atoms with van der Waals surface area (Å²) in [6.45, 7) is 2.81. The summed E-state index contributed by atoms with van der Waals surface area (Å²) < 4.78 is 0. The maximum absolute atomic E-state index is 6.50. The highest BCUT2D eigenvalue weighted by molar-refractivity contribution is 6.48. The van der Waals surface area contributed by atoms with E-state index in [2.05, 4.69) is 11.9 Å². The van der Waals surface area contributed by atoms with Crippen molar-refractivity contribution in [2.24, 2.45) is 33.3 Å². The number of fused-ring (bicyclic) bond motifs is 1. The molecular formula is C13H21N5. The van der Waals surface area contributed by atoms with Crippen molar-refractivity contribution in [3.63, 3.8) is 0 Å². The lowest BCUT2D eigenvalue weighted by Gasteiger charge is -2.41. The number of dihydropyridines is 1. The lowest BCUT2D eigenvalue weighted by molar-refractivity contribution is 0.162. The zero-order chi connectivity index (χ0) is 12.9. The van der Waals surface area contributed by atoms with E-state index >= 15 is 0 Å². The van der Waals surface area contributed by atoms with E-state index < -0.39 is 5.66 Å². The van der Waals surface area contributed by atoms with Gasteiger partial charge in [-0.15, -0.1) is 0 Å². The summed E-state index contributed by atoms with van der Waals surface area (Å²) >= 11 is 0. The van der Waals surface area contributed by atoms with E-state index in [1.165, 1.54) is 19.3 Å². The summed E-state index contributed by atoms with van der Waals surface area (Å²) in [6, 6.07) is 0. The second-order valence-electron chi connectivity index (χ2n) is 5.75. The molecule has 1 fully saturated rings. The lowest BCUT2D eigenvalue weighted by atomic mass is 9.71. The number of amidine groups is 1. The van der Waals surface area contributed by atoms with Crippen molar-refractivity contribution in [2.45, 2.75) is 31.8 Å². The summed E-state index contributed by atoms with van der Waals surface area (Å²) in [5, 5.41) is 0. The van der Waals surface area contributed by atoms with Gasteiger partial charge in [-0.05, 0) is 12.0 Å². The monoisotopic (exact) mass is 247 g/mol. The molecule has 4 N–H and O–H groups in total. The van der Waals surface area contributed by atoms with Crippen LogP contribution in [-0.4, -0.2) is 35.8 Å². The van der Waals surface area contributed by atoms with Gasteiger partial charge in [0, 0.05) is 13.0 Å². The van der Waals surface area contributed by atoms with Crippen LogP contribution in [0, 0.1) is 11.8 Å². The van der Waals surface area contributed by atoms with Crippen LogP contribution in [0.3, 0.4) is 0 Å². The molecule has 0 amide bonds. The normalized spacial score (nSPS) is 33.3. The number of aliphatic imine (C=N–C) groups is 2. The summed E-state index contributed by atoms with van der Waals surface area (Å²) in [5.41, 5.74) is 13.4. The number of nitrogens with zero attached hydrogens (tertiary/aromatic N) is 3. The van der Waals surface area contributed by atoms with Gasteiger partial charge >= 0.3 is 0 Å². The molecular weight excluding hydrogens is 226 g/mol. The Kier molecular flexibility index (Phi) is 2.48. The molecule has 1 aliphatic carbocycles. The van der Waals surface area contributed by atoms with Crippen molar-refractivity contribution in [2.75, 3.05) is 13.7 Å². The Morgan fingerprint density at radius 2 is 2.22 bits per heavy atom. The predicted molar refractivity (Wildman–Crippen MR) is 73.2 cm³/mol. The van der Waals surface area contributed by atoms with E-state index in [0.29, 0.717) is 24.2 Å². The molecule has 18 heavy (non-hydrogen) atoms. The van der Waals surface area contributed by atoms with E-state index in [4.69, 9.17) is 16.5 Å². The molecule has 0 saturated heterocycles. The van der Waals surface area contributed by atoms with Crippen LogP contribution in [0.1, 0.15) is 26.2 Å². The molecule has 2 aliphatic heterocycles. The van der Waals surface area contributed by atoms with Crippen LogP contribution in [0.2, 0.25) is 0 Å². The maximum Gasteiger partial charge on any atom is 0.155 e. The molecule has 0 aromatic heterocycles. The average Bonchev–Trinajstić information content (AvgIpc) is 2.58. The van der Waals surface area contributed by atoms with E-state index in [1.807, 2.05) is 18.0 Å². The second-order valence-corrected chi connectivity index (χ2v) is 5.75. The molecule has 98 valence electrons. The van der Waals surface area contributed by atoms with Gasteiger partial charge in [-0.1, -0.05) is 26.2 Å². The molecule has 2 heterocycles. The SMILES string of the molecule is CC(C1CCC1)C1(N)C=C(N)C2=NCN(C)C2=N1. The van der Waals surface area contributed by atoms with Gasteiger partial charge in [0.15, 0.2) is 5.84 Å². The minimum Gasteiger partial charge on any atom is -0.397 e. The Morgan fingerprint density at radius 3 is 2.83 bits per heavy atom. The van der Waals surface area contributed by atoms with Crippen LogP contribution in [0.5, 0.6) is 0 Å². The van der Waals surface area contributed by atoms with Crippen molar-refractivity contribution >= 4 is 11.5 Å². The van der Waals surface area contributed by atoms with Crippen molar-refractivity contribution in [3.8, 4) is 0 Å². The predicted octanol–water partition coefficient (Wildman–Crippen LogP) is 0.676. The van der Waals surface area contributed by atoms with Crippen molar-refractivity contribution in [1.82, 2.24) is 4.90 Å². The third-order valence-electron chi connectivity index (χ3n) is 4.56. The Labute approximate surface area is 108 Å². The Hall–Kier alpha value is -1.36. The highest BCUT2D eigenvalue weighted by atomic mass is 15.3. The Balaban J connectivity index is 1.95. The lowest BCUT2D eigenvalue weighted by Crippen LogP contribution is -2.52. The van der Waals surface area contributed by atoms with Gasteiger partial charge in [0.25, 0.3) is 0 Å². The Morgan fingerprint density at radius 1 is 1.50 bits per heavy atom. The second kappa shape index (κ2) is 3.82. The third-order valence-corrected chi connectivity index (χ3v) is 4.56. The minimum atomic E-state index is -0.665. The van der Waals surface area contributed by atoms with Crippen LogP contribution >= 0.6 is 0 Å². The maximum atomic E-state index is 6.50. The van der Waals surface area contributed by atoms with Gasteiger partial charge in [-0.3, -0.25) is 4.99 Å². The fraction of sp³-hybridized carbons (Fsp3) is 0.692. The number of hydrogen-bond donors (Lipinski definition) is 2. The molecule has 5 heteroatoms. The third kappa shape index (κ3) is 1.57. The topological polar surface area (TPSA) is 80.0 Å². The Bertz CT molecular complexity index is 460. The molecule has 1 saturated carbocycles. The highest BCUT2D eigenvalue weighted by Gasteiger charge is 2.42. The minimum absolute atomic E-state index is 0.327. The zero-order valence-electron chi connectivity index (χ0n) is 11.1. The smallest absolute Gasteiger partial charge is 0.155 e. The summed E-state index contributed by atoms with van der Waals surface area (Å²) in [5.74, 6) is 1.85. The van der Waals surface area contributed by atoms with Crippen LogP contribution in [0.25, 0.3) is 0 Å². The first-order valence-corrected chi connectivity index (χ1v) is 6.64. The van der Waals surface area contributed by atoms with Gasteiger partial charge in [0.1, 0.15) is 18.0 Å². The number of nitrogens with two attached hydrogens (primary N) is 2. The quantitative estimate of drug-likeness (QED) is 0.753. The van der Waals surface area contributed by atoms with E-state index in [9.17, 15) is 0 Å². The molecule has 0 spiro atoms. The summed E-state index contributed by atoms with van der Waals surface area (Å²) in [4.78, 5) is 11.1. The standard InChI is InChI=1S/C13H21N5/c1-8(9-4-3-5-9)13(15)6-10(14)11-12(17-13)18(2)7-16-11/h6,8-9H,3-5,7,14-15H2,1-2H3. The zero-order valence-corrected chi connectivity index (χ0v) is 11.1. The average molecular weight is 247 g/mol. The molecule has 5 nitrogen and oxygen atoms in total. The molecule has 3 aliphatic rings. The van der Waals surface area contributed by atoms with Gasteiger partial charge < -0.3 is 16.4 Å². The largest absolute Gasteiger partial charge is 0.397 e. The molecule has 0 bridgehead atoms. The highest BCUT2D eigenvalue weighted by Crippen LogP contribution is 2.40.